The molecule has 0 bridgehead atoms. The molecular weight excluding hydrogens is 330 g/mol. The summed E-state index contributed by atoms with van der Waals surface area (Å²) in [4.78, 5) is 27.6. The second-order valence-electron chi connectivity index (χ2n) is 7.74. The Labute approximate surface area is 156 Å². The average Bonchev–Trinajstić information content (AvgIpc) is 2.58. The molecule has 6 nitrogen and oxygen atoms in total. The van der Waals surface area contributed by atoms with Crippen molar-refractivity contribution in [3.05, 3.63) is 29.8 Å². The summed E-state index contributed by atoms with van der Waals surface area (Å²) in [6.07, 6.45) is 0.943. The van der Waals surface area contributed by atoms with Gasteiger partial charge in [-0.3, -0.25) is 14.5 Å². The number of carboxylic acid groups (broad SMARTS) is 1. The molecule has 1 heterocycles. The Morgan fingerprint density at radius 2 is 1.85 bits per heavy atom. The molecule has 1 saturated heterocycles. The van der Waals surface area contributed by atoms with Gasteiger partial charge in [-0.25, -0.2) is 0 Å². The minimum absolute atomic E-state index is 0.0125. The van der Waals surface area contributed by atoms with E-state index in [-0.39, 0.29) is 12.3 Å². The first-order valence-electron chi connectivity index (χ1n) is 9.32. The zero-order valence-electron chi connectivity index (χ0n) is 16.1. The van der Waals surface area contributed by atoms with E-state index in [4.69, 9.17) is 5.11 Å². The van der Waals surface area contributed by atoms with Crippen LogP contribution in [-0.2, 0) is 9.59 Å². The van der Waals surface area contributed by atoms with Crippen LogP contribution in [0.2, 0.25) is 0 Å². The summed E-state index contributed by atoms with van der Waals surface area (Å²) < 4.78 is 0. The summed E-state index contributed by atoms with van der Waals surface area (Å²) in [5, 5.41) is 11.7. The third kappa shape index (κ3) is 6.67. The molecule has 144 valence electrons. The van der Waals surface area contributed by atoms with Gasteiger partial charge in [-0.05, 0) is 44.9 Å². The van der Waals surface area contributed by atoms with E-state index in [1.807, 2.05) is 13.8 Å². The maximum absolute atomic E-state index is 12.2. The number of nitrogens with one attached hydrogen (secondary N) is 1. The zero-order valence-corrected chi connectivity index (χ0v) is 16.1. The van der Waals surface area contributed by atoms with Crippen molar-refractivity contribution < 1.29 is 14.7 Å². The quantitative estimate of drug-likeness (QED) is 0.743. The van der Waals surface area contributed by atoms with Crippen LogP contribution in [0.4, 0.5) is 5.69 Å². The molecule has 0 saturated carbocycles. The van der Waals surface area contributed by atoms with Crippen molar-refractivity contribution in [2.45, 2.75) is 45.6 Å². The molecule has 0 atom stereocenters. The van der Waals surface area contributed by atoms with Gasteiger partial charge in [-0.15, -0.1) is 0 Å². The van der Waals surface area contributed by atoms with Crippen LogP contribution < -0.4 is 10.2 Å². The number of piperazine rings is 1. The van der Waals surface area contributed by atoms with Crippen LogP contribution in [0.1, 0.15) is 38.7 Å². The molecule has 1 aliphatic heterocycles. The highest BCUT2D eigenvalue weighted by atomic mass is 16.4. The second kappa shape index (κ2) is 9.03. The summed E-state index contributed by atoms with van der Waals surface area (Å²) in [5.74, 6) is -0.847. The summed E-state index contributed by atoms with van der Waals surface area (Å²) in [6.45, 7) is 10.4. The van der Waals surface area contributed by atoms with Gasteiger partial charge >= 0.3 is 5.97 Å². The highest BCUT2D eigenvalue weighted by molar-refractivity contribution is 5.77. The number of hydrogen-bond donors (Lipinski definition) is 2. The predicted octanol–water partition coefficient (Wildman–Crippen LogP) is 2.27. The fourth-order valence-corrected chi connectivity index (χ4v) is 3.24. The Morgan fingerprint density at radius 3 is 2.46 bits per heavy atom. The van der Waals surface area contributed by atoms with Gasteiger partial charge in [0.15, 0.2) is 0 Å². The van der Waals surface area contributed by atoms with Crippen LogP contribution in [-0.4, -0.2) is 60.1 Å². The number of carbonyl (C=O) groups is 2. The Kier molecular flexibility index (Phi) is 7.03. The Hall–Kier alpha value is -2.08. The lowest BCUT2D eigenvalue weighted by Gasteiger charge is -2.36. The number of carbonyl (C=O) groups excluding carboxylic acids is 1. The van der Waals surface area contributed by atoms with Crippen LogP contribution in [0.15, 0.2) is 24.3 Å². The molecule has 0 unspecified atom stereocenters. The molecule has 1 amide bonds. The molecular formula is C20H31N3O3. The van der Waals surface area contributed by atoms with E-state index in [0.29, 0.717) is 12.8 Å². The Bertz CT molecular complexity index is 622. The first-order chi connectivity index (χ1) is 12.2. The van der Waals surface area contributed by atoms with E-state index in [0.717, 1.165) is 32.7 Å². The van der Waals surface area contributed by atoms with E-state index in [1.165, 1.54) is 11.3 Å². The van der Waals surface area contributed by atoms with Crippen molar-refractivity contribution >= 4 is 17.6 Å². The molecule has 26 heavy (non-hydrogen) atoms. The predicted molar refractivity (Wildman–Crippen MR) is 104 cm³/mol. The largest absolute Gasteiger partial charge is 0.481 e. The standard InChI is InChI=1S/C20H31N3O3/c1-16-5-4-6-17(15-16)23-13-11-22(12-14-23)10-8-18(24)21-20(2,3)9-7-19(25)26/h4-6,15H,7-14H2,1-3H3,(H,21,24)(H,25,26). The maximum Gasteiger partial charge on any atom is 0.303 e. The first kappa shape index (κ1) is 20.2. The number of hydrogen-bond acceptors (Lipinski definition) is 4. The van der Waals surface area contributed by atoms with Gasteiger partial charge in [0, 0.05) is 56.8 Å². The normalized spacial score (nSPS) is 15.7. The number of aliphatic carboxylic acids is 1. The van der Waals surface area contributed by atoms with Crippen molar-refractivity contribution in [3.63, 3.8) is 0 Å². The van der Waals surface area contributed by atoms with E-state index < -0.39 is 11.5 Å². The van der Waals surface area contributed by atoms with E-state index in [1.54, 1.807) is 0 Å². The minimum Gasteiger partial charge on any atom is -0.481 e. The molecule has 2 rings (SSSR count). The van der Waals surface area contributed by atoms with Gasteiger partial charge in [-0.2, -0.15) is 0 Å². The molecule has 2 N–H and O–H groups in total. The van der Waals surface area contributed by atoms with Gasteiger partial charge in [0.2, 0.25) is 5.91 Å². The van der Waals surface area contributed by atoms with Crippen LogP contribution >= 0.6 is 0 Å². The minimum atomic E-state index is -0.834. The topological polar surface area (TPSA) is 72.9 Å². The molecule has 1 aromatic carbocycles. The van der Waals surface area contributed by atoms with Gasteiger partial charge in [0.1, 0.15) is 0 Å². The van der Waals surface area contributed by atoms with Gasteiger partial charge < -0.3 is 15.3 Å². The third-order valence-electron chi connectivity index (χ3n) is 4.84. The number of benzene rings is 1. The van der Waals surface area contributed by atoms with Gasteiger partial charge in [-0.1, -0.05) is 12.1 Å². The van der Waals surface area contributed by atoms with Crippen LogP contribution in [0, 0.1) is 6.92 Å². The van der Waals surface area contributed by atoms with Crippen LogP contribution in [0.25, 0.3) is 0 Å². The highest BCUT2D eigenvalue weighted by Gasteiger charge is 2.22. The Balaban J connectivity index is 1.71. The second-order valence-corrected chi connectivity index (χ2v) is 7.74. The van der Waals surface area contributed by atoms with E-state index in [9.17, 15) is 9.59 Å². The van der Waals surface area contributed by atoms with Crippen LogP contribution in [0.5, 0.6) is 0 Å². The number of aryl methyl sites for hydroxylation is 1. The van der Waals surface area contributed by atoms with Crippen LogP contribution in [0.3, 0.4) is 0 Å². The number of amides is 1. The Morgan fingerprint density at radius 1 is 1.15 bits per heavy atom. The summed E-state index contributed by atoms with van der Waals surface area (Å²) in [5.41, 5.74) is 2.05. The van der Waals surface area contributed by atoms with Gasteiger partial charge in [0.05, 0.1) is 0 Å². The molecule has 0 aromatic heterocycles. The first-order valence-corrected chi connectivity index (χ1v) is 9.32. The monoisotopic (exact) mass is 361 g/mol. The lowest BCUT2D eigenvalue weighted by Crippen LogP contribution is -2.48. The van der Waals surface area contributed by atoms with Gasteiger partial charge in [0.25, 0.3) is 0 Å². The molecule has 1 fully saturated rings. The van der Waals surface area contributed by atoms with E-state index >= 15 is 0 Å². The molecule has 6 heteroatoms. The SMILES string of the molecule is Cc1cccc(N2CCN(CCC(=O)NC(C)(C)CCC(=O)O)CC2)c1. The lowest BCUT2D eigenvalue weighted by atomic mass is 9.98. The number of anilines is 1. The molecule has 0 aliphatic carbocycles. The van der Waals surface area contributed by atoms with Crippen molar-refractivity contribution in [2.24, 2.45) is 0 Å². The fourth-order valence-electron chi connectivity index (χ4n) is 3.24. The molecule has 0 radical (unpaired) electrons. The molecule has 1 aromatic rings. The number of rotatable bonds is 8. The molecule has 0 spiro atoms. The number of nitrogens with zero attached hydrogens (tertiary/aromatic N) is 2. The highest BCUT2D eigenvalue weighted by Crippen LogP contribution is 2.18. The fraction of sp³-hybridized carbons (Fsp3) is 0.600. The number of carboxylic acids is 1. The summed E-state index contributed by atoms with van der Waals surface area (Å²) in [6, 6.07) is 8.56. The summed E-state index contributed by atoms with van der Waals surface area (Å²) in [7, 11) is 0. The lowest BCUT2D eigenvalue weighted by molar-refractivity contribution is -0.137. The average molecular weight is 361 g/mol. The van der Waals surface area contributed by atoms with Crippen molar-refractivity contribution in [2.75, 3.05) is 37.6 Å². The van der Waals surface area contributed by atoms with Crippen molar-refractivity contribution in [3.8, 4) is 0 Å². The summed E-state index contributed by atoms with van der Waals surface area (Å²) >= 11 is 0. The van der Waals surface area contributed by atoms with E-state index in [2.05, 4.69) is 46.3 Å². The third-order valence-corrected chi connectivity index (χ3v) is 4.84. The zero-order chi connectivity index (χ0) is 19.2. The van der Waals surface area contributed by atoms with Crippen molar-refractivity contribution in [1.82, 2.24) is 10.2 Å². The van der Waals surface area contributed by atoms with Crippen molar-refractivity contribution in [1.29, 1.82) is 0 Å². The maximum atomic E-state index is 12.2. The molecule has 1 aliphatic rings. The smallest absolute Gasteiger partial charge is 0.303 e.